The molecule has 94 valence electrons. The fourth-order valence-electron chi connectivity index (χ4n) is 1.24. The molecular weight excluding hydrogens is 220 g/mol. The lowest BCUT2D eigenvalue weighted by Gasteiger charge is -2.07. The van der Waals surface area contributed by atoms with Crippen molar-refractivity contribution in [3.8, 4) is 0 Å². The van der Waals surface area contributed by atoms with Crippen molar-refractivity contribution in [1.29, 1.82) is 0 Å². The number of aryl methyl sites for hydroxylation is 1. The van der Waals surface area contributed by atoms with Gasteiger partial charge in [0.2, 0.25) is 5.91 Å². The Labute approximate surface area is 101 Å². The van der Waals surface area contributed by atoms with Gasteiger partial charge in [-0.05, 0) is 24.6 Å². The second-order valence-electron chi connectivity index (χ2n) is 3.58. The van der Waals surface area contributed by atoms with Gasteiger partial charge in [0, 0.05) is 12.8 Å². The quantitative estimate of drug-likeness (QED) is 0.551. The third-order valence-electron chi connectivity index (χ3n) is 2.03. The molecule has 0 unspecified atom stereocenters. The molecule has 1 amide bonds. The van der Waals surface area contributed by atoms with Crippen LogP contribution in [0.15, 0.2) is 24.3 Å². The Kier molecular flexibility index (Phi) is 6.24. The molecule has 0 aliphatic rings. The zero-order valence-corrected chi connectivity index (χ0v) is 10.2. The Bertz CT molecular complexity index is 355. The van der Waals surface area contributed by atoms with Gasteiger partial charge in [-0.25, -0.2) is 0 Å². The van der Waals surface area contributed by atoms with Gasteiger partial charge >= 0.3 is 0 Å². The maximum atomic E-state index is 11.5. The van der Waals surface area contributed by atoms with Crippen LogP contribution in [0.3, 0.4) is 0 Å². The number of benzene rings is 1. The number of hydrogen-bond acceptors (Lipinski definition) is 4. The topological polar surface area (TPSA) is 59.6 Å². The van der Waals surface area contributed by atoms with Crippen LogP contribution in [-0.4, -0.2) is 32.8 Å². The number of carbonyl (C=O) groups excluding carboxylic acids is 1. The number of methoxy groups -OCH3 is 1. The maximum Gasteiger partial charge on any atom is 0.240 e. The Hall–Kier alpha value is -1.43. The first-order valence-electron chi connectivity index (χ1n) is 5.42. The molecular formula is C12H18N2O3. The monoisotopic (exact) mass is 238 g/mol. The van der Waals surface area contributed by atoms with E-state index in [4.69, 9.17) is 9.57 Å². The molecule has 0 bridgehead atoms. The Balaban J connectivity index is 2.21. The lowest BCUT2D eigenvalue weighted by molar-refractivity contribution is -0.118. The summed E-state index contributed by atoms with van der Waals surface area (Å²) < 4.78 is 4.79. The fraction of sp³-hybridized carbons (Fsp3) is 0.417. The van der Waals surface area contributed by atoms with Crippen LogP contribution in [0.2, 0.25) is 0 Å². The van der Waals surface area contributed by atoms with Crippen molar-refractivity contribution in [2.75, 3.05) is 32.2 Å². The molecule has 0 aliphatic carbocycles. The van der Waals surface area contributed by atoms with Crippen LogP contribution in [-0.2, 0) is 14.4 Å². The standard InChI is InChI=1S/C12H18N2O3/c1-10-4-3-5-11(8-10)14-12(15)9-13-17-7-6-16-2/h3-5,8,13H,6-7,9H2,1-2H3,(H,14,15). The number of amides is 1. The molecule has 0 aliphatic heterocycles. The first-order chi connectivity index (χ1) is 8.22. The van der Waals surface area contributed by atoms with Crippen LogP contribution in [0.25, 0.3) is 0 Å². The van der Waals surface area contributed by atoms with Gasteiger partial charge in [0.05, 0.1) is 13.2 Å². The van der Waals surface area contributed by atoms with Crippen LogP contribution in [0.1, 0.15) is 5.56 Å². The lowest BCUT2D eigenvalue weighted by Crippen LogP contribution is -2.29. The second-order valence-corrected chi connectivity index (χ2v) is 3.58. The zero-order chi connectivity index (χ0) is 12.5. The van der Waals surface area contributed by atoms with Gasteiger partial charge in [-0.15, -0.1) is 0 Å². The van der Waals surface area contributed by atoms with Crippen molar-refractivity contribution in [2.24, 2.45) is 0 Å². The van der Waals surface area contributed by atoms with Gasteiger partial charge in [-0.1, -0.05) is 12.1 Å². The minimum atomic E-state index is -0.145. The number of nitrogens with one attached hydrogen (secondary N) is 2. The summed E-state index contributed by atoms with van der Waals surface area (Å²) in [5.74, 6) is -0.145. The average Bonchev–Trinajstić information content (AvgIpc) is 2.29. The highest BCUT2D eigenvalue weighted by Crippen LogP contribution is 2.08. The molecule has 5 nitrogen and oxygen atoms in total. The summed E-state index contributed by atoms with van der Waals surface area (Å²) in [6.07, 6.45) is 0. The van der Waals surface area contributed by atoms with E-state index in [1.54, 1.807) is 7.11 Å². The molecule has 0 heterocycles. The summed E-state index contributed by atoms with van der Waals surface area (Å²) in [7, 11) is 1.59. The third kappa shape index (κ3) is 6.01. The molecule has 0 atom stereocenters. The van der Waals surface area contributed by atoms with Gasteiger partial charge in [0.1, 0.15) is 6.54 Å². The van der Waals surface area contributed by atoms with E-state index in [1.807, 2.05) is 31.2 Å². The van der Waals surface area contributed by atoms with Gasteiger partial charge in [-0.2, -0.15) is 5.48 Å². The molecule has 1 aromatic carbocycles. The molecule has 0 aromatic heterocycles. The molecule has 0 saturated carbocycles. The van der Waals surface area contributed by atoms with Crippen LogP contribution >= 0.6 is 0 Å². The maximum absolute atomic E-state index is 11.5. The summed E-state index contributed by atoms with van der Waals surface area (Å²) in [5.41, 5.74) is 4.45. The minimum Gasteiger partial charge on any atom is -0.382 e. The largest absolute Gasteiger partial charge is 0.382 e. The van der Waals surface area contributed by atoms with E-state index in [2.05, 4.69) is 10.8 Å². The third-order valence-corrected chi connectivity index (χ3v) is 2.03. The molecule has 1 aromatic rings. The first-order valence-corrected chi connectivity index (χ1v) is 5.42. The van der Waals surface area contributed by atoms with Crippen LogP contribution < -0.4 is 10.8 Å². The normalized spacial score (nSPS) is 10.2. The SMILES string of the molecule is COCCONCC(=O)Nc1cccc(C)c1. The predicted octanol–water partition coefficient (Wildman–Crippen LogP) is 1.10. The fourth-order valence-corrected chi connectivity index (χ4v) is 1.24. The van der Waals surface area contributed by atoms with E-state index >= 15 is 0 Å². The van der Waals surface area contributed by atoms with E-state index in [9.17, 15) is 4.79 Å². The Morgan fingerprint density at radius 2 is 2.18 bits per heavy atom. The van der Waals surface area contributed by atoms with Gasteiger partial charge < -0.3 is 10.1 Å². The average molecular weight is 238 g/mol. The highest BCUT2D eigenvalue weighted by atomic mass is 16.7. The van der Waals surface area contributed by atoms with Crippen LogP contribution in [0.4, 0.5) is 5.69 Å². The molecule has 0 fully saturated rings. The van der Waals surface area contributed by atoms with E-state index in [-0.39, 0.29) is 12.5 Å². The second kappa shape index (κ2) is 7.78. The van der Waals surface area contributed by atoms with E-state index in [0.717, 1.165) is 11.3 Å². The molecule has 2 N–H and O–H groups in total. The van der Waals surface area contributed by atoms with Gasteiger partial charge in [0.25, 0.3) is 0 Å². The van der Waals surface area contributed by atoms with Crippen LogP contribution in [0, 0.1) is 6.92 Å². The smallest absolute Gasteiger partial charge is 0.240 e. The van der Waals surface area contributed by atoms with Crippen molar-refractivity contribution in [3.63, 3.8) is 0 Å². The Morgan fingerprint density at radius 1 is 1.35 bits per heavy atom. The number of anilines is 1. The summed E-state index contributed by atoms with van der Waals surface area (Å²) in [6.45, 7) is 2.99. The summed E-state index contributed by atoms with van der Waals surface area (Å²) in [5, 5.41) is 2.76. The summed E-state index contributed by atoms with van der Waals surface area (Å²) in [6, 6.07) is 7.62. The van der Waals surface area contributed by atoms with Crippen molar-refractivity contribution in [2.45, 2.75) is 6.92 Å². The van der Waals surface area contributed by atoms with Crippen molar-refractivity contribution >= 4 is 11.6 Å². The summed E-state index contributed by atoms with van der Waals surface area (Å²) in [4.78, 5) is 16.4. The molecule has 17 heavy (non-hydrogen) atoms. The molecule has 0 radical (unpaired) electrons. The predicted molar refractivity (Wildman–Crippen MR) is 65.6 cm³/mol. The number of carbonyl (C=O) groups is 1. The van der Waals surface area contributed by atoms with Gasteiger partial charge in [-0.3, -0.25) is 9.63 Å². The van der Waals surface area contributed by atoms with Crippen LogP contribution in [0.5, 0.6) is 0 Å². The minimum absolute atomic E-state index is 0.109. The number of hydroxylamine groups is 1. The Morgan fingerprint density at radius 3 is 2.88 bits per heavy atom. The number of ether oxygens (including phenoxy) is 1. The van der Waals surface area contributed by atoms with Gasteiger partial charge in [0.15, 0.2) is 0 Å². The molecule has 0 saturated heterocycles. The number of hydrogen-bond donors (Lipinski definition) is 2. The highest BCUT2D eigenvalue weighted by molar-refractivity contribution is 5.92. The van der Waals surface area contributed by atoms with E-state index in [0.29, 0.717) is 13.2 Å². The molecule has 5 heteroatoms. The molecule has 1 rings (SSSR count). The number of rotatable bonds is 7. The van der Waals surface area contributed by atoms with Crippen molar-refractivity contribution < 1.29 is 14.4 Å². The lowest BCUT2D eigenvalue weighted by atomic mass is 10.2. The first kappa shape index (κ1) is 13.6. The zero-order valence-electron chi connectivity index (χ0n) is 10.2. The van der Waals surface area contributed by atoms with E-state index in [1.165, 1.54) is 0 Å². The highest BCUT2D eigenvalue weighted by Gasteiger charge is 2.01. The van der Waals surface area contributed by atoms with Crippen molar-refractivity contribution in [1.82, 2.24) is 5.48 Å². The van der Waals surface area contributed by atoms with Crippen molar-refractivity contribution in [3.05, 3.63) is 29.8 Å². The summed E-state index contributed by atoms with van der Waals surface area (Å²) >= 11 is 0. The van der Waals surface area contributed by atoms with E-state index < -0.39 is 0 Å². The molecule has 0 spiro atoms.